The van der Waals surface area contributed by atoms with Crippen LogP contribution in [0.25, 0.3) is 0 Å². The summed E-state index contributed by atoms with van der Waals surface area (Å²) in [5.74, 6) is 0.620. The Kier molecular flexibility index (Phi) is 4.87. The van der Waals surface area contributed by atoms with Crippen LogP contribution in [-0.2, 0) is 13.1 Å². The van der Waals surface area contributed by atoms with Crippen LogP contribution in [0, 0.1) is 12.8 Å². The molecule has 0 bridgehead atoms. The second-order valence-electron chi connectivity index (χ2n) is 5.62. The van der Waals surface area contributed by atoms with Crippen molar-refractivity contribution in [1.82, 2.24) is 14.7 Å². The van der Waals surface area contributed by atoms with Gasteiger partial charge in [-0.05, 0) is 46.1 Å². The van der Waals surface area contributed by atoms with E-state index in [1.807, 2.05) is 11.6 Å². The van der Waals surface area contributed by atoms with Gasteiger partial charge in [-0.1, -0.05) is 11.6 Å². The van der Waals surface area contributed by atoms with Crippen molar-refractivity contribution >= 4 is 11.6 Å². The van der Waals surface area contributed by atoms with E-state index in [0.717, 1.165) is 42.6 Å². The summed E-state index contributed by atoms with van der Waals surface area (Å²) in [7, 11) is 0. The second-order valence-corrected chi connectivity index (χ2v) is 6.00. The predicted octanol–water partition coefficient (Wildman–Crippen LogP) is 2.42. The van der Waals surface area contributed by atoms with Gasteiger partial charge in [0, 0.05) is 25.7 Å². The third-order valence-electron chi connectivity index (χ3n) is 4.25. The largest absolute Gasteiger partial charge is 0.330 e. The van der Waals surface area contributed by atoms with E-state index in [2.05, 4.69) is 23.8 Å². The minimum Gasteiger partial charge on any atom is -0.330 e. The fourth-order valence-corrected chi connectivity index (χ4v) is 3.08. The Morgan fingerprint density at radius 2 is 2.16 bits per heavy atom. The number of nitrogens with two attached hydrogens (primary N) is 1. The van der Waals surface area contributed by atoms with Crippen LogP contribution < -0.4 is 5.73 Å². The Balaban J connectivity index is 2.15. The van der Waals surface area contributed by atoms with Crippen molar-refractivity contribution < 1.29 is 0 Å². The van der Waals surface area contributed by atoms with Crippen LogP contribution in [0.2, 0.25) is 5.02 Å². The first-order chi connectivity index (χ1) is 9.06. The number of likely N-dealkylation sites (tertiary alicyclic amines) is 1. The van der Waals surface area contributed by atoms with Crippen LogP contribution in [0.15, 0.2) is 0 Å². The summed E-state index contributed by atoms with van der Waals surface area (Å²) in [5.41, 5.74) is 7.90. The summed E-state index contributed by atoms with van der Waals surface area (Å²) in [6, 6.07) is 0.597. The average molecular weight is 285 g/mol. The Hall–Kier alpha value is -0.580. The zero-order chi connectivity index (χ0) is 14.0. The molecule has 1 saturated heterocycles. The molecule has 0 aromatic carbocycles. The fraction of sp³-hybridized carbons (Fsp3) is 0.786. The summed E-state index contributed by atoms with van der Waals surface area (Å²) in [6.07, 6.45) is 2.46. The quantitative estimate of drug-likeness (QED) is 0.924. The van der Waals surface area contributed by atoms with Crippen molar-refractivity contribution in [2.24, 2.45) is 11.7 Å². The molecule has 2 unspecified atom stereocenters. The number of hydrogen-bond acceptors (Lipinski definition) is 3. The summed E-state index contributed by atoms with van der Waals surface area (Å²) >= 11 is 6.40. The van der Waals surface area contributed by atoms with Crippen LogP contribution in [0.4, 0.5) is 0 Å². The van der Waals surface area contributed by atoms with E-state index in [4.69, 9.17) is 17.3 Å². The minimum absolute atomic E-state index is 0.597. The van der Waals surface area contributed by atoms with E-state index in [-0.39, 0.29) is 0 Å². The van der Waals surface area contributed by atoms with Gasteiger partial charge in [-0.15, -0.1) is 0 Å². The number of hydrogen-bond donors (Lipinski definition) is 1. The van der Waals surface area contributed by atoms with Crippen molar-refractivity contribution in [2.75, 3.05) is 13.1 Å². The first-order valence-corrected chi connectivity index (χ1v) is 7.60. The normalized spacial score (nSPS) is 24.9. The number of rotatable bonds is 4. The molecule has 0 amide bonds. The smallest absolute Gasteiger partial charge is 0.0860 e. The lowest BCUT2D eigenvalue weighted by Gasteiger charge is -2.37. The van der Waals surface area contributed by atoms with Crippen LogP contribution in [0.5, 0.6) is 0 Å². The van der Waals surface area contributed by atoms with Gasteiger partial charge in [-0.25, -0.2) is 0 Å². The Bertz CT molecular complexity index is 429. The van der Waals surface area contributed by atoms with Crippen molar-refractivity contribution in [3.8, 4) is 0 Å². The number of aromatic nitrogens is 2. The zero-order valence-electron chi connectivity index (χ0n) is 12.2. The monoisotopic (exact) mass is 284 g/mol. The molecule has 0 spiro atoms. The van der Waals surface area contributed by atoms with Crippen molar-refractivity contribution in [3.05, 3.63) is 16.4 Å². The Labute approximate surface area is 120 Å². The average Bonchev–Trinajstić information content (AvgIpc) is 2.68. The third-order valence-corrected chi connectivity index (χ3v) is 4.74. The summed E-state index contributed by atoms with van der Waals surface area (Å²) < 4.78 is 2.02. The number of nitrogens with zero attached hydrogens (tertiary/aromatic N) is 3. The molecule has 0 radical (unpaired) electrons. The summed E-state index contributed by atoms with van der Waals surface area (Å²) in [6.45, 7) is 9.97. The maximum atomic E-state index is 6.40. The molecule has 1 aliphatic heterocycles. The van der Waals surface area contributed by atoms with Crippen LogP contribution in [0.1, 0.15) is 38.1 Å². The van der Waals surface area contributed by atoms with E-state index in [1.165, 1.54) is 12.8 Å². The number of halogens is 1. The summed E-state index contributed by atoms with van der Waals surface area (Å²) in [5, 5.41) is 5.31. The van der Waals surface area contributed by atoms with Gasteiger partial charge >= 0.3 is 0 Å². The molecule has 5 heteroatoms. The first kappa shape index (κ1) is 14.8. The minimum atomic E-state index is 0.597. The highest BCUT2D eigenvalue weighted by Crippen LogP contribution is 2.27. The lowest BCUT2D eigenvalue weighted by atomic mass is 9.93. The lowest BCUT2D eigenvalue weighted by Crippen LogP contribution is -2.43. The van der Waals surface area contributed by atoms with Gasteiger partial charge in [0.25, 0.3) is 0 Å². The Morgan fingerprint density at radius 1 is 1.42 bits per heavy atom. The lowest BCUT2D eigenvalue weighted by molar-refractivity contribution is 0.110. The molecule has 1 aromatic heterocycles. The molecule has 108 valence electrons. The summed E-state index contributed by atoms with van der Waals surface area (Å²) in [4.78, 5) is 2.50. The first-order valence-electron chi connectivity index (χ1n) is 7.22. The molecule has 19 heavy (non-hydrogen) atoms. The molecule has 0 saturated carbocycles. The van der Waals surface area contributed by atoms with Gasteiger partial charge in [0.15, 0.2) is 0 Å². The third kappa shape index (κ3) is 3.12. The zero-order valence-corrected chi connectivity index (χ0v) is 13.0. The molecule has 2 atom stereocenters. The van der Waals surface area contributed by atoms with E-state index < -0.39 is 0 Å². The van der Waals surface area contributed by atoms with Crippen molar-refractivity contribution in [1.29, 1.82) is 0 Å². The molecular weight excluding hydrogens is 260 g/mol. The number of aryl methyl sites for hydroxylation is 2. The van der Waals surface area contributed by atoms with E-state index >= 15 is 0 Å². The standard InChI is InChI=1S/C14H25ClN4/c1-4-19-13(14(15)11(3)17-19)9-18-8-12(7-16)6-5-10(18)2/h10,12H,4-9,16H2,1-3H3. The number of piperidine rings is 1. The second kappa shape index (κ2) is 6.25. The van der Waals surface area contributed by atoms with Gasteiger partial charge in [0.05, 0.1) is 16.4 Å². The SMILES string of the molecule is CCn1nc(C)c(Cl)c1CN1CC(CN)CCC1C. The molecule has 2 N–H and O–H groups in total. The maximum absolute atomic E-state index is 6.40. The fourth-order valence-electron chi connectivity index (χ4n) is 2.89. The van der Waals surface area contributed by atoms with Gasteiger partial charge < -0.3 is 5.73 Å². The molecule has 0 aliphatic carbocycles. The molecule has 1 aliphatic rings. The molecule has 1 fully saturated rings. The van der Waals surface area contributed by atoms with Crippen LogP contribution in [-0.4, -0.2) is 33.8 Å². The molecule has 2 rings (SSSR count). The van der Waals surface area contributed by atoms with Gasteiger partial charge in [0.2, 0.25) is 0 Å². The maximum Gasteiger partial charge on any atom is 0.0860 e. The highest BCUT2D eigenvalue weighted by Gasteiger charge is 2.26. The molecule has 4 nitrogen and oxygen atoms in total. The van der Waals surface area contributed by atoms with Crippen LogP contribution >= 0.6 is 11.6 Å². The Morgan fingerprint density at radius 3 is 2.79 bits per heavy atom. The van der Waals surface area contributed by atoms with Crippen molar-refractivity contribution in [3.63, 3.8) is 0 Å². The van der Waals surface area contributed by atoms with Gasteiger partial charge in [0.1, 0.15) is 0 Å². The predicted molar refractivity (Wildman–Crippen MR) is 79.3 cm³/mol. The molecule has 2 heterocycles. The van der Waals surface area contributed by atoms with E-state index in [1.54, 1.807) is 0 Å². The van der Waals surface area contributed by atoms with E-state index in [9.17, 15) is 0 Å². The van der Waals surface area contributed by atoms with Crippen molar-refractivity contribution in [2.45, 2.75) is 52.7 Å². The van der Waals surface area contributed by atoms with Gasteiger partial charge in [-0.2, -0.15) is 5.10 Å². The highest BCUT2D eigenvalue weighted by molar-refractivity contribution is 6.31. The molecule has 1 aromatic rings. The topological polar surface area (TPSA) is 47.1 Å². The molecular formula is C14H25ClN4. The van der Waals surface area contributed by atoms with Gasteiger partial charge in [-0.3, -0.25) is 9.58 Å². The van der Waals surface area contributed by atoms with E-state index in [0.29, 0.717) is 12.0 Å². The highest BCUT2D eigenvalue weighted by atomic mass is 35.5. The van der Waals surface area contributed by atoms with Crippen LogP contribution in [0.3, 0.4) is 0 Å².